The van der Waals surface area contributed by atoms with Gasteiger partial charge in [-0.15, -0.1) is 0 Å². The van der Waals surface area contributed by atoms with Crippen LogP contribution < -0.4 is 10.1 Å². The van der Waals surface area contributed by atoms with Crippen LogP contribution in [0.5, 0.6) is 5.75 Å². The Bertz CT molecular complexity index is 1270. The number of nitrogens with one attached hydrogen (secondary N) is 2. The molecule has 0 fully saturated rings. The first-order chi connectivity index (χ1) is 16.0. The highest BCUT2D eigenvalue weighted by molar-refractivity contribution is 7.80. The van der Waals surface area contributed by atoms with Gasteiger partial charge in [0, 0.05) is 35.0 Å². The minimum atomic E-state index is 0.641. The molecule has 170 valence electrons. The third-order valence-corrected chi connectivity index (χ3v) is 6.53. The molecular weight excluding hydrogens is 428 g/mol. The SMILES string of the molecule is COc1ccc2[nH]c(C)c(CCN(Cc3ccccn3)C(=S)Nc3cccc(C)c3C)c2c1. The van der Waals surface area contributed by atoms with Gasteiger partial charge in [0.2, 0.25) is 0 Å². The Kier molecular flexibility index (Phi) is 6.94. The molecule has 0 aliphatic carbocycles. The fourth-order valence-electron chi connectivity index (χ4n) is 4.08. The van der Waals surface area contributed by atoms with E-state index in [0.29, 0.717) is 11.7 Å². The number of aryl methyl sites for hydroxylation is 2. The number of thiocarbonyl (C=S) groups is 1. The predicted molar refractivity (Wildman–Crippen MR) is 140 cm³/mol. The average Bonchev–Trinajstić information content (AvgIpc) is 3.14. The summed E-state index contributed by atoms with van der Waals surface area (Å²) in [6.45, 7) is 7.76. The Balaban J connectivity index is 1.59. The van der Waals surface area contributed by atoms with Crippen LogP contribution in [0.2, 0.25) is 0 Å². The molecule has 33 heavy (non-hydrogen) atoms. The highest BCUT2D eigenvalue weighted by atomic mass is 32.1. The lowest BCUT2D eigenvalue weighted by molar-refractivity contribution is 0.415. The van der Waals surface area contributed by atoms with Crippen LogP contribution in [0.1, 0.15) is 28.1 Å². The van der Waals surface area contributed by atoms with Gasteiger partial charge in [-0.2, -0.15) is 0 Å². The van der Waals surface area contributed by atoms with Crippen molar-refractivity contribution in [2.24, 2.45) is 0 Å². The summed E-state index contributed by atoms with van der Waals surface area (Å²) in [5.74, 6) is 0.861. The van der Waals surface area contributed by atoms with Crippen LogP contribution in [0.3, 0.4) is 0 Å². The smallest absolute Gasteiger partial charge is 0.173 e. The van der Waals surface area contributed by atoms with Crippen LogP contribution in [-0.4, -0.2) is 33.6 Å². The number of hydrogen-bond donors (Lipinski definition) is 2. The summed E-state index contributed by atoms with van der Waals surface area (Å²) in [5.41, 5.74) is 8.04. The van der Waals surface area contributed by atoms with E-state index in [2.05, 4.69) is 71.3 Å². The maximum Gasteiger partial charge on any atom is 0.173 e. The number of H-pyrrole nitrogens is 1. The normalized spacial score (nSPS) is 10.9. The number of aromatic amines is 1. The van der Waals surface area contributed by atoms with E-state index in [4.69, 9.17) is 17.0 Å². The molecule has 5 nitrogen and oxygen atoms in total. The summed E-state index contributed by atoms with van der Waals surface area (Å²) in [4.78, 5) is 10.2. The van der Waals surface area contributed by atoms with E-state index in [1.165, 1.54) is 27.8 Å². The van der Waals surface area contributed by atoms with E-state index in [9.17, 15) is 0 Å². The number of pyridine rings is 1. The molecule has 2 aromatic carbocycles. The van der Waals surface area contributed by atoms with Crippen molar-refractivity contribution < 1.29 is 4.74 Å². The molecule has 0 radical (unpaired) electrons. The topological polar surface area (TPSA) is 53.2 Å². The molecule has 4 aromatic rings. The molecule has 0 aliphatic heterocycles. The zero-order valence-corrected chi connectivity index (χ0v) is 20.4. The first-order valence-electron chi connectivity index (χ1n) is 11.1. The van der Waals surface area contributed by atoms with Gasteiger partial charge in [-0.3, -0.25) is 4.98 Å². The second-order valence-electron chi connectivity index (χ2n) is 8.31. The summed E-state index contributed by atoms with van der Waals surface area (Å²) < 4.78 is 5.45. The summed E-state index contributed by atoms with van der Waals surface area (Å²) >= 11 is 5.88. The fourth-order valence-corrected chi connectivity index (χ4v) is 4.34. The summed E-state index contributed by atoms with van der Waals surface area (Å²) in [5, 5.41) is 5.36. The van der Waals surface area contributed by atoms with Gasteiger partial charge in [-0.05, 0) is 92.5 Å². The molecule has 4 rings (SSSR count). The highest BCUT2D eigenvalue weighted by Gasteiger charge is 2.16. The second-order valence-corrected chi connectivity index (χ2v) is 8.70. The Morgan fingerprint density at radius 2 is 1.94 bits per heavy atom. The van der Waals surface area contributed by atoms with E-state index in [1.54, 1.807) is 7.11 Å². The zero-order chi connectivity index (χ0) is 23.4. The van der Waals surface area contributed by atoms with Gasteiger partial charge in [0.05, 0.1) is 19.3 Å². The molecule has 0 amide bonds. The lowest BCUT2D eigenvalue weighted by atomic mass is 10.1. The van der Waals surface area contributed by atoms with Crippen molar-refractivity contribution in [3.05, 3.63) is 88.9 Å². The van der Waals surface area contributed by atoms with Crippen LogP contribution in [0.15, 0.2) is 60.8 Å². The molecular formula is C27H30N4OS. The third kappa shape index (κ3) is 5.17. The lowest BCUT2D eigenvalue weighted by Gasteiger charge is -2.26. The van der Waals surface area contributed by atoms with E-state index in [-0.39, 0.29) is 0 Å². The number of aromatic nitrogens is 2. The first-order valence-corrected chi connectivity index (χ1v) is 11.5. The maximum atomic E-state index is 5.88. The van der Waals surface area contributed by atoms with Gasteiger partial charge >= 0.3 is 0 Å². The number of rotatable bonds is 7. The summed E-state index contributed by atoms with van der Waals surface area (Å²) in [7, 11) is 1.70. The van der Waals surface area contributed by atoms with Gasteiger partial charge in [0.25, 0.3) is 0 Å². The number of ether oxygens (including phenoxy) is 1. The van der Waals surface area contributed by atoms with Gasteiger partial charge in [0.1, 0.15) is 5.75 Å². The fraction of sp³-hybridized carbons (Fsp3) is 0.259. The molecule has 0 spiro atoms. The predicted octanol–water partition coefficient (Wildman–Crippen LogP) is 5.94. The van der Waals surface area contributed by atoms with Crippen LogP contribution in [-0.2, 0) is 13.0 Å². The quantitative estimate of drug-likeness (QED) is 0.336. The second kappa shape index (κ2) is 10.0. The van der Waals surface area contributed by atoms with Crippen LogP contribution in [0, 0.1) is 20.8 Å². The van der Waals surface area contributed by atoms with Crippen molar-refractivity contribution in [2.75, 3.05) is 19.0 Å². The first kappa shape index (κ1) is 22.8. The molecule has 2 N–H and O–H groups in total. The molecule has 6 heteroatoms. The minimum absolute atomic E-state index is 0.641. The Morgan fingerprint density at radius 1 is 1.09 bits per heavy atom. The average molecular weight is 459 g/mol. The van der Waals surface area contributed by atoms with Crippen LogP contribution in [0.25, 0.3) is 10.9 Å². The number of nitrogens with zero attached hydrogens (tertiary/aromatic N) is 2. The van der Waals surface area contributed by atoms with Gasteiger partial charge in [0.15, 0.2) is 5.11 Å². The largest absolute Gasteiger partial charge is 0.497 e. The Morgan fingerprint density at radius 3 is 2.70 bits per heavy atom. The van der Waals surface area contributed by atoms with Crippen molar-refractivity contribution in [3.63, 3.8) is 0 Å². The molecule has 2 heterocycles. The zero-order valence-electron chi connectivity index (χ0n) is 19.6. The van der Waals surface area contributed by atoms with E-state index in [0.717, 1.165) is 35.6 Å². The Hall–Kier alpha value is -3.38. The summed E-state index contributed by atoms with van der Waals surface area (Å²) in [6, 6.07) is 18.4. The molecule has 2 aromatic heterocycles. The van der Waals surface area contributed by atoms with E-state index < -0.39 is 0 Å². The van der Waals surface area contributed by atoms with Gasteiger partial charge in [-0.25, -0.2) is 0 Å². The highest BCUT2D eigenvalue weighted by Crippen LogP contribution is 2.27. The van der Waals surface area contributed by atoms with Crippen molar-refractivity contribution >= 4 is 33.9 Å². The molecule has 0 saturated carbocycles. The number of fused-ring (bicyclic) bond motifs is 1. The van der Waals surface area contributed by atoms with E-state index >= 15 is 0 Å². The number of hydrogen-bond acceptors (Lipinski definition) is 3. The molecule has 0 atom stereocenters. The van der Waals surface area contributed by atoms with Crippen LogP contribution >= 0.6 is 12.2 Å². The van der Waals surface area contributed by atoms with Crippen molar-refractivity contribution in [1.29, 1.82) is 0 Å². The van der Waals surface area contributed by atoms with Crippen molar-refractivity contribution in [1.82, 2.24) is 14.9 Å². The Labute approximate surface area is 200 Å². The standard InChI is InChI=1S/C27H30N4OS/c1-18-8-7-10-25(19(18)2)30-27(33)31(17-21-9-5-6-14-28-21)15-13-23-20(3)29-26-12-11-22(32-4)16-24(23)26/h5-12,14,16,29H,13,15,17H2,1-4H3,(H,30,33). The maximum absolute atomic E-state index is 5.88. The van der Waals surface area contributed by atoms with Crippen molar-refractivity contribution in [3.8, 4) is 5.75 Å². The number of methoxy groups -OCH3 is 1. The van der Waals surface area contributed by atoms with Crippen LogP contribution in [0.4, 0.5) is 5.69 Å². The molecule has 0 aliphatic rings. The number of anilines is 1. The minimum Gasteiger partial charge on any atom is -0.497 e. The van der Waals surface area contributed by atoms with Crippen molar-refractivity contribution in [2.45, 2.75) is 33.7 Å². The molecule has 0 unspecified atom stereocenters. The monoisotopic (exact) mass is 458 g/mol. The summed E-state index contributed by atoms with van der Waals surface area (Å²) in [6.07, 6.45) is 2.67. The number of benzene rings is 2. The lowest BCUT2D eigenvalue weighted by Crippen LogP contribution is -2.36. The third-order valence-electron chi connectivity index (χ3n) is 6.17. The molecule has 0 saturated heterocycles. The van der Waals surface area contributed by atoms with Gasteiger partial charge < -0.3 is 19.9 Å². The molecule has 0 bridgehead atoms. The van der Waals surface area contributed by atoms with Gasteiger partial charge in [-0.1, -0.05) is 18.2 Å². The van der Waals surface area contributed by atoms with E-state index in [1.807, 2.05) is 30.5 Å².